The molecule has 6 rings (SSSR count). The fraction of sp³-hybridized carbons (Fsp3) is 0.478. The van der Waals surface area contributed by atoms with Gasteiger partial charge in [-0.25, -0.2) is 0 Å². The normalized spacial score (nSPS) is 33.8. The Morgan fingerprint density at radius 1 is 1.09 bits per heavy atom. The number of carbonyl (C=O) groups is 3. The van der Waals surface area contributed by atoms with Gasteiger partial charge in [0.1, 0.15) is 5.75 Å². The molecule has 4 aliphatic rings. The summed E-state index contributed by atoms with van der Waals surface area (Å²) in [6.07, 6.45) is 1.00. The molecule has 3 N–H and O–H groups in total. The van der Waals surface area contributed by atoms with Crippen molar-refractivity contribution in [3.8, 4) is 5.75 Å². The molecule has 10 heteroatoms. The monoisotopic (exact) mass is 486 g/mol. The number of phenolic OH excluding ortho intramolecular Hbond substituents is 1. The molecule has 0 spiro atoms. The minimum Gasteiger partial charge on any atom is -0.508 e. The molecular weight excluding hydrogens is 464 g/mol. The van der Waals surface area contributed by atoms with Crippen molar-refractivity contribution in [1.82, 2.24) is 9.88 Å². The van der Waals surface area contributed by atoms with Gasteiger partial charge in [0.05, 0.1) is 16.9 Å². The number of imide groups is 1. The van der Waals surface area contributed by atoms with Crippen LogP contribution in [0.15, 0.2) is 34.1 Å². The number of nitrogens with zero attached hydrogens (tertiary/aromatic N) is 1. The Hall–Kier alpha value is -2.59. The third-order valence-corrected chi connectivity index (χ3v) is 10.4. The van der Waals surface area contributed by atoms with Crippen LogP contribution >= 0.6 is 23.1 Å². The van der Waals surface area contributed by atoms with Crippen LogP contribution in [0.5, 0.6) is 5.75 Å². The average Bonchev–Trinajstić information content (AvgIpc) is 3.49. The number of aromatic nitrogens is 1. The summed E-state index contributed by atoms with van der Waals surface area (Å²) in [6.45, 7) is 0.154. The minimum absolute atomic E-state index is 0.0302. The van der Waals surface area contributed by atoms with E-state index in [9.17, 15) is 24.3 Å². The second-order valence-electron chi connectivity index (χ2n) is 9.38. The molecular formula is C23H22N2O6S2. The maximum Gasteiger partial charge on any atom is 0.305 e. The van der Waals surface area contributed by atoms with Crippen LogP contribution in [0.3, 0.4) is 0 Å². The molecule has 1 aromatic carbocycles. The van der Waals surface area contributed by atoms with Crippen molar-refractivity contribution in [3.63, 3.8) is 0 Å². The number of aromatic hydroxyl groups is 1. The fourth-order valence-corrected chi connectivity index (χ4v) is 9.63. The van der Waals surface area contributed by atoms with Crippen LogP contribution in [0, 0.1) is 29.6 Å². The number of thioether (sulfide) groups is 1. The van der Waals surface area contributed by atoms with Gasteiger partial charge in [-0.2, -0.15) is 0 Å². The van der Waals surface area contributed by atoms with E-state index in [-0.39, 0.29) is 82.6 Å². The summed E-state index contributed by atoms with van der Waals surface area (Å²) in [5.74, 6) is -1.69. The summed E-state index contributed by atoms with van der Waals surface area (Å²) in [5.41, 5.74) is 0.999. The maximum absolute atomic E-state index is 13.3. The largest absolute Gasteiger partial charge is 0.508 e. The first-order valence-corrected chi connectivity index (χ1v) is 12.8. The molecule has 0 radical (unpaired) electrons. The molecule has 7 atom stereocenters. The predicted molar refractivity (Wildman–Crippen MR) is 120 cm³/mol. The predicted octanol–water partition coefficient (Wildman–Crippen LogP) is 2.48. The van der Waals surface area contributed by atoms with E-state index in [0.29, 0.717) is 0 Å². The SMILES string of the molecule is O=C(O)CCCN1C(=O)[C@@H]2[C@@H]3C[C@@H]([C@H]4Sc5[nH]c(=O)sc5[C@H](c5ccc(O)cc5)[C@H]34)[C@@H]2C1=O. The quantitative estimate of drug-likeness (QED) is 0.554. The zero-order chi connectivity index (χ0) is 23.0. The number of benzene rings is 1. The molecule has 2 aliphatic carbocycles. The lowest BCUT2D eigenvalue weighted by atomic mass is 9.68. The van der Waals surface area contributed by atoms with Crippen molar-refractivity contribution in [3.05, 3.63) is 44.4 Å². The van der Waals surface area contributed by atoms with E-state index in [4.69, 9.17) is 5.11 Å². The van der Waals surface area contributed by atoms with Gasteiger partial charge in [0.15, 0.2) is 0 Å². The van der Waals surface area contributed by atoms with Crippen molar-refractivity contribution >= 4 is 40.9 Å². The summed E-state index contributed by atoms with van der Waals surface area (Å²) in [7, 11) is 0. The number of carboxylic acids is 1. The number of amides is 2. The highest BCUT2D eigenvalue weighted by Crippen LogP contribution is 2.68. The maximum atomic E-state index is 13.3. The van der Waals surface area contributed by atoms with Gasteiger partial charge >= 0.3 is 10.8 Å². The molecule has 8 nitrogen and oxygen atoms in total. The molecule has 2 bridgehead atoms. The van der Waals surface area contributed by atoms with E-state index in [0.717, 1.165) is 21.9 Å². The molecule has 3 fully saturated rings. The van der Waals surface area contributed by atoms with Gasteiger partial charge in [-0.3, -0.25) is 24.1 Å². The summed E-state index contributed by atoms with van der Waals surface area (Å²) in [6, 6.07) is 7.05. The van der Waals surface area contributed by atoms with Gasteiger partial charge in [0, 0.05) is 29.0 Å². The molecule has 0 unspecified atom stereocenters. The van der Waals surface area contributed by atoms with E-state index in [1.165, 1.54) is 16.2 Å². The number of thiazole rings is 1. The first-order valence-electron chi connectivity index (χ1n) is 11.1. The van der Waals surface area contributed by atoms with Crippen molar-refractivity contribution in [2.45, 2.75) is 35.5 Å². The number of rotatable bonds is 5. The van der Waals surface area contributed by atoms with Crippen molar-refractivity contribution < 1.29 is 24.6 Å². The number of aliphatic carboxylic acids is 1. The Labute approximate surface area is 197 Å². The molecule has 3 heterocycles. The number of hydrogen-bond acceptors (Lipinski definition) is 7. The molecule has 1 saturated heterocycles. The van der Waals surface area contributed by atoms with Gasteiger partial charge in [-0.15, -0.1) is 11.8 Å². The first-order chi connectivity index (χ1) is 15.8. The second-order valence-corrected chi connectivity index (χ2v) is 11.6. The van der Waals surface area contributed by atoms with E-state index < -0.39 is 5.97 Å². The molecule has 2 saturated carbocycles. The van der Waals surface area contributed by atoms with Gasteiger partial charge in [-0.05, 0) is 48.3 Å². The third-order valence-electron chi connectivity index (χ3n) is 7.84. The fourth-order valence-electron chi connectivity index (χ4n) is 6.74. The molecule has 1 aromatic heterocycles. The van der Waals surface area contributed by atoms with Gasteiger partial charge in [0.25, 0.3) is 0 Å². The number of carbonyl (C=O) groups excluding carboxylic acids is 2. The Morgan fingerprint density at radius 2 is 1.79 bits per heavy atom. The highest BCUT2D eigenvalue weighted by Gasteiger charge is 2.69. The zero-order valence-electron chi connectivity index (χ0n) is 17.5. The lowest BCUT2D eigenvalue weighted by molar-refractivity contribution is -0.142. The number of phenols is 1. The van der Waals surface area contributed by atoms with Gasteiger partial charge in [-0.1, -0.05) is 23.5 Å². The smallest absolute Gasteiger partial charge is 0.305 e. The van der Waals surface area contributed by atoms with Gasteiger partial charge in [0.2, 0.25) is 11.8 Å². The molecule has 33 heavy (non-hydrogen) atoms. The van der Waals surface area contributed by atoms with Crippen LogP contribution in [0.2, 0.25) is 0 Å². The lowest BCUT2D eigenvalue weighted by Gasteiger charge is -2.43. The second kappa shape index (κ2) is 7.46. The Morgan fingerprint density at radius 3 is 2.48 bits per heavy atom. The summed E-state index contributed by atoms with van der Waals surface area (Å²) in [5, 5.41) is 19.7. The lowest BCUT2D eigenvalue weighted by Crippen LogP contribution is -2.42. The van der Waals surface area contributed by atoms with Crippen molar-refractivity contribution in [2.24, 2.45) is 29.6 Å². The van der Waals surface area contributed by atoms with Crippen LogP contribution in [0.25, 0.3) is 0 Å². The highest BCUT2D eigenvalue weighted by molar-refractivity contribution is 8.00. The topological polar surface area (TPSA) is 128 Å². The number of hydrogen-bond donors (Lipinski definition) is 3. The summed E-state index contributed by atoms with van der Waals surface area (Å²) < 4.78 is 0. The van der Waals surface area contributed by atoms with Crippen LogP contribution in [0.4, 0.5) is 0 Å². The highest BCUT2D eigenvalue weighted by atomic mass is 32.2. The summed E-state index contributed by atoms with van der Waals surface area (Å²) in [4.78, 5) is 54.8. The Bertz CT molecular complexity index is 1220. The average molecular weight is 487 g/mol. The first kappa shape index (κ1) is 21.0. The Kier molecular flexibility index (Phi) is 4.74. The Balaban J connectivity index is 1.37. The van der Waals surface area contributed by atoms with Crippen LogP contribution < -0.4 is 4.87 Å². The van der Waals surface area contributed by atoms with E-state index in [2.05, 4.69) is 4.98 Å². The van der Waals surface area contributed by atoms with E-state index in [1.54, 1.807) is 23.9 Å². The van der Waals surface area contributed by atoms with Crippen molar-refractivity contribution in [1.29, 1.82) is 0 Å². The molecule has 172 valence electrons. The number of fused-ring (bicyclic) bond motifs is 9. The molecule has 2 aliphatic heterocycles. The van der Waals surface area contributed by atoms with Crippen LogP contribution in [0.1, 0.15) is 35.6 Å². The number of nitrogens with one attached hydrogen (secondary N) is 1. The van der Waals surface area contributed by atoms with E-state index in [1.807, 2.05) is 12.1 Å². The number of likely N-dealkylation sites (tertiary alicyclic amines) is 1. The molecule has 2 aromatic rings. The standard InChI is InChI=1S/C23H22N2O6S2/c26-10-5-3-9(4-6-10)14-15-11-8-12(18(15)32-20-19(14)33-23(31)24-20)17-16(11)21(29)25(22(17)30)7-1-2-13(27)28/h3-6,11-12,14-18,26H,1-2,7-8H2,(H,24,31)(H,27,28)/t11-,12-,14-,15+,16-,17+,18-/m1/s1. The number of H-pyrrole nitrogens is 1. The van der Waals surface area contributed by atoms with Crippen LogP contribution in [-0.4, -0.2) is 49.7 Å². The number of aromatic amines is 1. The third kappa shape index (κ3) is 3.03. The van der Waals surface area contributed by atoms with Gasteiger partial charge < -0.3 is 15.2 Å². The zero-order valence-corrected chi connectivity index (χ0v) is 19.1. The number of carboxylic acid groups (broad SMARTS) is 1. The van der Waals surface area contributed by atoms with E-state index >= 15 is 0 Å². The minimum atomic E-state index is -0.936. The summed E-state index contributed by atoms with van der Waals surface area (Å²) >= 11 is 2.84. The molecule has 2 amide bonds. The van der Waals surface area contributed by atoms with Crippen LogP contribution in [-0.2, 0) is 14.4 Å². The van der Waals surface area contributed by atoms with Crippen molar-refractivity contribution in [2.75, 3.05) is 6.54 Å².